The van der Waals surface area contributed by atoms with Gasteiger partial charge in [-0.05, 0) is 75.8 Å². The number of carbonyl (C=O) groups excluding carboxylic acids is 2. The van der Waals surface area contributed by atoms with Gasteiger partial charge >= 0.3 is 6.09 Å². The smallest absolute Gasteiger partial charge is 0.408 e. The van der Waals surface area contributed by atoms with Gasteiger partial charge in [-0.15, -0.1) is 0 Å². The summed E-state index contributed by atoms with van der Waals surface area (Å²) in [6.07, 6.45) is 2.69. The maximum absolute atomic E-state index is 12.7. The lowest BCUT2D eigenvalue weighted by molar-refractivity contribution is -0.117. The minimum absolute atomic E-state index is 0.0186. The highest BCUT2D eigenvalue weighted by atomic mass is 32.2. The van der Waals surface area contributed by atoms with Crippen LogP contribution in [0, 0.1) is 5.92 Å². The molecule has 2 atom stereocenters. The Labute approximate surface area is 246 Å². The van der Waals surface area contributed by atoms with Crippen molar-refractivity contribution in [3.63, 3.8) is 0 Å². The van der Waals surface area contributed by atoms with Crippen LogP contribution < -0.4 is 15.1 Å². The molecule has 0 aliphatic carbocycles. The number of piperidine rings is 1. The number of carbonyl (C=O) groups is 2. The van der Waals surface area contributed by atoms with Gasteiger partial charge in [0.05, 0.1) is 17.5 Å². The Kier molecular flexibility index (Phi) is 8.65. The molecule has 0 radical (unpaired) electrons. The summed E-state index contributed by atoms with van der Waals surface area (Å²) in [6.45, 7) is 6.91. The molecular weight excluding hydrogens is 560 g/mol. The third kappa shape index (κ3) is 7.62. The summed E-state index contributed by atoms with van der Waals surface area (Å²) in [5.41, 5.74) is 2.65. The minimum atomic E-state index is -3.17. The van der Waals surface area contributed by atoms with Crippen LogP contribution in [0.2, 0.25) is 0 Å². The molecule has 0 spiro atoms. The second-order valence-corrected chi connectivity index (χ2v) is 15.3. The number of alkyl carbamates (subject to hydrolysis) is 1. The molecule has 1 N–H and O–H groups in total. The van der Waals surface area contributed by atoms with Crippen molar-refractivity contribution in [1.82, 2.24) is 5.32 Å². The SMILES string of the molecule is CC(C)(C)OC(=O)NCC(=O)N=C1S[C@@H]2CS(=O)(=O)C[C@H]2N1c1ccc(N2CCC(Cc3ccccc3)CC2)cc1. The molecule has 2 aromatic carbocycles. The van der Waals surface area contributed by atoms with Gasteiger partial charge in [0, 0.05) is 29.7 Å². The largest absolute Gasteiger partial charge is 0.444 e. The number of fused-ring (bicyclic) bond motifs is 1. The van der Waals surface area contributed by atoms with Gasteiger partial charge in [-0.2, -0.15) is 4.99 Å². The van der Waals surface area contributed by atoms with Crippen molar-refractivity contribution in [3.8, 4) is 0 Å². The van der Waals surface area contributed by atoms with Gasteiger partial charge < -0.3 is 19.9 Å². The third-order valence-corrected chi connectivity index (χ3v) is 10.8. The Balaban J connectivity index is 1.25. The minimum Gasteiger partial charge on any atom is -0.444 e. The molecule has 3 heterocycles. The summed E-state index contributed by atoms with van der Waals surface area (Å²) in [4.78, 5) is 33.2. The van der Waals surface area contributed by atoms with Crippen molar-refractivity contribution >= 4 is 50.1 Å². The number of amides is 2. The summed E-state index contributed by atoms with van der Waals surface area (Å²) in [5.74, 6) is 0.223. The zero-order valence-electron chi connectivity index (χ0n) is 23.8. The second-order valence-electron chi connectivity index (χ2n) is 12.0. The first-order valence-corrected chi connectivity index (χ1v) is 16.8. The molecule has 5 rings (SSSR count). The molecule has 2 amide bonds. The highest BCUT2D eigenvalue weighted by Crippen LogP contribution is 2.41. The van der Waals surface area contributed by atoms with Crippen LogP contribution in [-0.4, -0.2) is 73.6 Å². The van der Waals surface area contributed by atoms with Crippen molar-refractivity contribution in [1.29, 1.82) is 0 Å². The lowest BCUT2D eigenvalue weighted by atomic mass is 9.90. The van der Waals surface area contributed by atoms with Crippen LogP contribution in [0.5, 0.6) is 0 Å². The monoisotopic (exact) mass is 598 g/mol. The van der Waals surface area contributed by atoms with Gasteiger partial charge in [0.25, 0.3) is 5.91 Å². The first kappa shape index (κ1) is 29.4. The molecule has 220 valence electrons. The Bertz CT molecular complexity index is 1380. The quantitative estimate of drug-likeness (QED) is 0.525. The van der Waals surface area contributed by atoms with E-state index < -0.39 is 27.4 Å². The van der Waals surface area contributed by atoms with E-state index in [1.807, 2.05) is 17.0 Å². The fourth-order valence-electron chi connectivity index (χ4n) is 5.64. The summed E-state index contributed by atoms with van der Waals surface area (Å²) < 4.78 is 30.0. The molecule has 2 aromatic rings. The number of benzene rings is 2. The zero-order valence-corrected chi connectivity index (χ0v) is 25.4. The predicted molar refractivity (Wildman–Crippen MR) is 165 cm³/mol. The van der Waals surface area contributed by atoms with Crippen LogP contribution >= 0.6 is 11.8 Å². The van der Waals surface area contributed by atoms with E-state index in [2.05, 4.69) is 57.7 Å². The zero-order chi connectivity index (χ0) is 29.2. The average molecular weight is 599 g/mol. The summed E-state index contributed by atoms with van der Waals surface area (Å²) in [7, 11) is -3.17. The molecule has 0 bridgehead atoms. The van der Waals surface area contributed by atoms with Crippen molar-refractivity contribution in [3.05, 3.63) is 60.2 Å². The second kappa shape index (κ2) is 12.1. The summed E-state index contributed by atoms with van der Waals surface area (Å²) in [6, 6.07) is 18.5. The standard InChI is InChI=1S/C30H38N4O5S2/c1-30(2,3)39-29(36)31-18-27(35)32-28-34(25-19-41(37,38)20-26(25)40-28)24-11-9-23(10-12-24)33-15-13-22(14-16-33)17-21-7-5-4-6-8-21/h4-12,22,25-26H,13-20H2,1-3H3,(H,31,36)/t25-,26-/m1/s1. The first-order chi connectivity index (χ1) is 19.5. The topological polar surface area (TPSA) is 108 Å². The number of rotatable bonds is 6. The van der Waals surface area contributed by atoms with E-state index in [9.17, 15) is 18.0 Å². The molecule has 0 saturated carbocycles. The van der Waals surface area contributed by atoms with Crippen LogP contribution in [0.25, 0.3) is 0 Å². The van der Waals surface area contributed by atoms with Crippen molar-refractivity contribution < 1.29 is 22.7 Å². The van der Waals surface area contributed by atoms with E-state index in [0.29, 0.717) is 11.1 Å². The number of thioether (sulfide) groups is 1. The molecule has 3 aliphatic heterocycles. The van der Waals surface area contributed by atoms with Crippen LogP contribution in [-0.2, 0) is 25.8 Å². The lowest BCUT2D eigenvalue weighted by Gasteiger charge is -2.34. The fraction of sp³-hybridized carbons (Fsp3) is 0.500. The van der Waals surface area contributed by atoms with Crippen molar-refractivity contribution in [2.75, 3.05) is 40.9 Å². The number of hydrogen-bond donors (Lipinski definition) is 1. The predicted octanol–water partition coefficient (Wildman–Crippen LogP) is 4.27. The number of hydrogen-bond acceptors (Lipinski definition) is 7. The molecule has 3 fully saturated rings. The van der Waals surface area contributed by atoms with Crippen molar-refractivity contribution in [2.24, 2.45) is 10.9 Å². The molecule has 11 heteroatoms. The maximum Gasteiger partial charge on any atom is 0.408 e. The van der Waals surface area contributed by atoms with Gasteiger partial charge in [-0.3, -0.25) is 4.79 Å². The van der Waals surface area contributed by atoms with Crippen LogP contribution in [0.3, 0.4) is 0 Å². The van der Waals surface area contributed by atoms with Gasteiger partial charge in [-0.1, -0.05) is 42.1 Å². The van der Waals surface area contributed by atoms with Crippen LogP contribution in [0.15, 0.2) is 59.6 Å². The summed E-state index contributed by atoms with van der Waals surface area (Å²) in [5, 5.41) is 2.70. The molecule has 0 unspecified atom stereocenters. The van der Waals surface area contributed by atoms with Gasteiger partial charge in [0.2, 0.25) is 0 Å². The van der Waals surface area contributed by atoms with Gasteiger partial charge in [-0.25, -0.2) is 13.2 Å². The fourth-order valence-corrected chi connectivity index (χ4v) is 9.57. The Morgan fingerprint density at radius 3 is 2.32 bits per heavy atom. The third-order valence-electron chi connectivity index (χ3n) is 7.54. The highest BCUT2D eigenvalue weighted by Gasteiger charge is 2.49. The van der Waals surface area contributed by atoms with E-state index in [0.717, 1.165) is 43.7 Å². The van der Waals surface area contributed by atoms with Crippen molar-refractivity contribution in [2.45, 2.75) is 56.9 Å². The number of aliphatic imine (C=N–C) groups is 1. The number of nitrogens with zero attached hydrogens (tertiary/aromatic N) is 3. The van der Waals surface area contributed by atoms with E-state index in [-0.39, 0.29) is 29.3 Å². The number of sulfone groups is 1. The van der Waals surface area contributed by atoms with E-state index in [4.69, 9.17) is 4.74 Å². The van der Waals surface area contributed by atoms with E-state index >= 15 is 0 Å². The number of ether oxygens (including phenoxy) is 1. The Morgan fingerprint density at radius 1 is 1.00 bits per heavy atom. The molecule has 3 saturated heterocycles. The molecular formula is C30H38N4O5S2. The molecule has 9 nitrogen and oxygen atoms in total. The summed E-state index contributed by atoms with van der Waals surface area (Å²) >= 11 is 1.31. The van der Waals surface area contributed by atoms with Crippen LogP contribution in [0.1, 0.15) is 39.2 Å². The number of amidine groups is 1. The highest BCUT2D eigenvalue weighted by molar-refractivity contribution is 8.16. The number of anilines is 2. The molecule has 3 aliphatic rings. The van der Waals surface area contributed by atoms with E-state index in [1.165, 1.54) is 17.3 Å². The van der Waals surface area contributed by atoms with Crippen LogP contribution in [0.4, 0.5) is 16.2 Å². The average Bonchev–Trinajstić information content (AvgIpc) is 3.38. The first-order valence-electron chi connectivity index (χ1n) is 14.1. The Hall–Kier alpha value is -3.05. The van der Waals surface area contributed by atoms with Gasteiger partial charge in [0.15, 0.2) is 15.0 Å². The molecule has 0 aromatic heterocycles. The maximum atomic E-state index is 12.7. The molecule has 41 heavy (non-hydrogen) atoms. The lowest BCUT2D eigenvalue weighted by Crippen LogP contribution is -2.39. The Morgan fingerprint density at radius 2 is 1.66 bits per heavy atom. The normalized spacial score (nSPS) is 23.4. The van der Waals surface area contributed by atoms with E-state index in [1.54, 1.807) is 20.8 Å². The van der Waals surface area contributed by atoms with Gasteiger partial charge in [0.1, 0.15) is 12.1 Å². The number of nitrogens with one attached hydrogen (secondary N) is 1.